The van der Waals surface area contributed by atoms with E-state index in [9.17, 15) is 34.8 Å². The van der Waals surface area contributed by atoms with Crippen LogP contribution in [0.3, 0.4) is 0 Å². The molecule has 0 aliphatic heterocycles. The van der Waals surface area contributed by atoms with Crippen LogP contribution in [-0.4, -0.2) is 51.3 Å². The number of nitrogens with two attached hydrogens (primary N) is 1. The van der Waals surface area contributed by atoms with E-state index in [4.69, 9.17) is 5.14 Å². The third-order valence-corrected chi connectivity index (χ3v) is 7.67. The van der Waals surface area contributed by atoms with Crippen LogP contribution >= 0.6 is 11.3 Å². The normalized spacial score (nSPS) is 13.7. The van der Waals surface area contributed by atoms with Crippen LogP contribution in [0.2, 0.25) is 0 Å². The first kappa shape index (κ1) is 25.0. The van der Waals surface area contributed by atoms with Gasteiger partial charge < -0.3 is 5.32 Å². The molecule has 2 aromatic heterocycles. The van der Waals surface area contributed by atoms with Crippen molar-refractivity contribution in [2.24, 2.45) is 5.14 Å². The number of nitrogens with zero attached hydrogens (tertiary/aromatic N) is 2. The molecular formula is C18H17F3N4O5S3. The van der Waals surface area contributed by atoms with Gasteiger partial charge in [-0.25, -0.2) is 27.0 Å². The Labute approximate surface area is 190 Å². The summed E-state index contributed by atoms with van der Waals surface area (Å²) < 4.78 is 85.2. The summed E-state index contributed by atoms with van der Waals surface area (Å²) in [7, 11) is -7.83. The molecule has 0 saturated heterocycles. The Bertz CT molecular complexity index is 1400. The molecular weight excluding hydrogens is 505 g/mol. The van der Waals surface area contributed by atoms with Crippen molar-refractivity contribution in [3.63, 3.8) is 0 Å². The van der Waals surface area contributed by atoms with Crippen LogP contribution in [0.25, 0.3) is 21.3 Å². The van der Waals surface area contributed by atoms with Crippen molar-refractivity contribution < 1.29 is 34.8 Å². The molecule has 2 heterocycles. The van der Waals surface area contributed by atoms with E-state index >= 15 is 0 Å². The minimum Gasteiger partial charge on any atom is -0.354 e. The van der Waals surface area contributed by atoms with Crippen molar-refractivity contribution in [1.82, 2.24) is 15.3 Å². The number of halogens is 3. The van der Waals surface area contributed by atoms with Gasteiger partial charge in [-0.05, 0) is 23.8 Å². The number of sulfone groups is 1. The maximum Gasteiger partial charge on any atom is 0.433 e. The van der Waals surface area contributed by atoms with Crippen LogP contribution in [-0.2, 0) is 30.8 Å². The van der Waals surface area contributed by atoms with Crippen molar-refractivity contribution in [1.29, 1.82) is 0 Å². The van der Waals surface area contributed by atoms with Crippen molar-refractivity contribution in [2.45, 2.75) is 11.4 Å². The second-order valence-electron chi connectivity index (χ2n) is 7.03. The van der Waals surface area contributed by atoms with Gasteiger partial charge in [0.15, 0.2) is 15.1 Å². The number of hydrogen-bond acceptors (Lipinski definition) is 8. The molecule has 0 fully saturated rings. The zero-order valence-corrected chi connectivity index (χ0v) is 19.3. The van der Waals surface area contributed by atoms with E-state index < -0.39 is 48.6 Å². The first-order chi connectivity index (χ1) is 15.1. The van der Waals surface area contributed by atoms with Crippen LogP contribution < -0.4 is 10.5 Å². The first-order valence-electron chi connectivity index (χ1n) is 9.06. The van der Waals surface area contributed by atoms with E-state index in [0.29, 0.717) is 21.3 Å². The number of fused-ring (bicyclic) bond motifs is 1. The van der Waals surface area contributed by atoms with E-state index in [2.05, 4.69) is 15.3 Å². The van der Waals surface area contributed by atoms with Gasteiger partial charge in [0.1, 0.15) is 10.7 Å². The molecule has 0 aliphatic carbocycles. The van der Waals surface area contributed by atoms with Gasteiger partial charge in [-0.15, -0.1) is 11.3 Å². The standard InChI is InChI=1S/C18H17F3N4O5S3/c1-32(27,28)15(16(26)23-6-7-33(22,29)30)17-25-12-4-2-10(8-13(12)31-17)11-3-5-14(24-9-11)18(19,20)21/h2-5,8-9,15H,6-7H2,1H3,(H,23,26)(H2,22,29,30). The summed E-state index contributed by atoms with van der Waals surface area (Å²) in [6, 6.07) is 6.83. The summed E-state index contributed by atoms with van der Waals surface area (Å²) in [6.45, 7) is -0.375. The molecule has 1 amide bonds. The molecule has 0 saturated carbocycles. The Kier molecular flexibility index (Phi) is 6.79. The van der Waals surface area contributed by atoms with Crippen molar-refractivity contribution >= 4 is 47.3 Å². The summed E-state index contributed by atoms with van der Waals surface area (Å²) in [5, 5.41) is 5.39. The summed E-state index contributed by atoms with van der Waals surface area (Å²) in [4.78, 5) is 20.1. The molecule has 178 valence electrons. The van der Waals surface area contributed by atoms with Crippen LogP contribution in [0.1, 0.15) is 16.0 Å². The zero-order chi connectivity index (χ0) is 24.6. The topological polar surface area (TPSA) is 149 Å². The number of sulfonamides is 1. The van der Waals surface area contributed by atoms with Gasteiger partial charge in [-0.3, -0.25) is 9.78 Å². The number of primary sulfonamides is 1. The van der Waals surface area contributed by atoms with Crippen LogP contribution in [0.15, 0.2) is 36.5 Å². The Morgan fingerprint density at radius 1 is 1.15 bits per heavy atom. The lowest BCUT2D eigenvalue weighted by molar-refractivity contribution is -0.141. The fraction of sp³-hybridized carbons (Fsp3) is 0.278. The average Bonchev–Trinajstić information content (AvgIpc) is 3.07. The molecule has 1 unspecified atom stereocenters. The van der Waals surface area contributed by atoms with Gasteiger partial charge in [-0.1, -0.05) is 12.1 Å². The smallest absolute Gasteiger partial charge is 0.354 e. The summed E-state index contributed by atoms with van der Waals surface area (Å²) >= 11 is 0.921. The number of hydrogen-bond donors (Lipinski definition) is 2. The molecule has 15 heteroatoms. The largest absolute Gasteiger partial charge is 0.433 e. The van der Waals surface area contributed by atoms with E-state index in [1.807, 2.05) is 0 Å². The molecule has 0 aliphatic rings. The maximum atomic E-state index is 12.7. The minimum absolute atomic E-state index is 0.0386. The number of nitrogens with one attached hydrogen (secondary N) is 1. The second-order valence-corrected chi connectivity index (χ2v) is 12.0. The monoisotopic (exact) mass is 522 g/mol. The number of benzene rings is 1. The lowest BCUT2D eigenvalue weighted by Crippen LogP contribution is -2.37. The Balaban J connectivity index is 1.92. The summed E-state index contributed by atoms with van der Waals surface area (Å²) in [6.07, 6.45) is -2.64. The van der Waals surface area contributed by atoms with Crippen LogP contribution in [0.4, 0.5) is 13.2 Å². The third kappa shape index (κ3) is 6.25. The molecule has 3 rings (SSSR count). The first-order valence-corrected chi connectivity index (χ1v) is 13.5. The minimum atomic E-state index is -4.56. The highest BCUT2D eigenvalue weighted by atomic mass is 32.2. The zero-order valence-electron chi connectivity index (χ0n) is 16.8. The molecule has 0 bridgehead atoms. The van der Waals surface area contributed by atoms with Gasteiger partial charge in [-0.2, -0.15) is 13.2 Å². The fourth-order valence-corrected chi connectivity index (χ4v) is 5.80. The number of pyridine rings is 1. The molecule has 0 radical (unpaired) electrons. The lowest BCUT2D eigenvalue weighted by atomic mass is 10.1. The van der Waals surface area contributed by atoms with E-state index in [1.54, 1.807) is 18.2 Å². The molecule has 0 spiro atoms. The maximum absolute atomic E-state index is 12.7. The Morgan fingerprint density at radius 2 is 1.82 bits per heavy atom. The number of amides is 1. The number of carbonyl (C=O) groups excluding carboxylic acids is 1. The second kappa shape index (κ2) is 8.96. The van der Waals surface area contributed by atoms with E-state index in [1.165, 1.54) is 6.07 Å². The van der Waals surface area contributed by atoms with Crippen LogP contribution in [0.5, 0.6) is 0 Å². The molecule has 1 atom stereocenters. The van der Waals surface area contributed by atoms with Gasteiger partial charge in [0.2, 0.25) is 15.9 Å². The highest BCUT2D eigenvalue weighted by Gasteiger charge is 2.34. The fourth-order valence-electron chi connectivity index (χ4n) is 2.87. The highest BCUT2D eigenvalue weighted by Crippen LogP contribution is 2.34. The van der Waals surface area contributed by atoms with Gasteiger partial charge in [0.25, 0.3) is 0 Å². The molecule has 33 heavy (non-hydrogen) atoms. The van der Waals surface area contributed by atoms with Crippen LogP contribution in [0, 0.1) is 0 Å². The predicted molar refractivity (Wildman–Crippen MR) is 116 cm³/mol. The number of thiazole rings is 1. The molecule has 3 N–H and O–H groups in total. The number of rotatable bonds is 7. The number of carbonyl (C=O) groups is 1. The summed E-state index contributed by atoms with van der Waals surface area (Å²) in [5.41, 5.74) is 0.272. The third-order valence-electron chi connectivity index (χ3n) is 4.37. The Hall–Kier alpha value is -2.62. The van der Waals surface area contributed by atoms with E-state index in [0.717, 1.165) is 29.9 Å². The number of alkyl halides is 3. The highest BCUT2D eigenvalue weighted by molar-refractivity contribution is 7.91. The average molecular weight is 523 g/mol. The Morgan fingerprint density at radius 3 is 2.36 bits per heavy atom. The van der Waals surface area contributed by atoms with Gasteiger partial charge in [0, 0.05) is 24.6 Å². The van der Waals surface area contributed by atoms with Gasteiger partial charge >= 0.3 is 6.18 Å². The number of aromatic nitrogens is 2. The quantitative estimate of drug-likeness (QED) is 0.481. The van der Waals surface area contributed by atoms with Crippen molar-refractivity contribution in [3.05, 3.63) is 47.2 Å². The molecule has 9 nitrogen and oxygen atoms in total. The SMILES string of the molecule is CS(=O)(=O)C(C(=O)NCCS(N)(=O)=O)c1nc2ccc(-c3ccc(C(F)(F)F)nc3)cc2s1. The summed E-state index contributed by atoms with van der Waals surface area (Å²) in [5.74, 6) is -1.52. The predicted octanol–water partition coefficient (Wildman–Crippen LogP) is 1.87. The van der Waals surface area contributed by atoms with Gasteiger partial charge in [0.05, 0.1) is 16.0 Å². The van der Waals surface area contributed by atoms with Crippen molar-refractivity contribution in [2.75, 3.05) is 18.6 Å². The van der Waals surface area contributed by atoms with Crippen molar-refractivity contribution in [3.8, 4) is 11.1 Å². The van der Waals surface area contributed by atoms with E-state index in [-0.39, 0.29) is 11.6 Å². The lowest BCUT2D eigenvalue weighted by Gasteiger charge is -2.12. The molecule has 1 aromatic carbocycles. The molecule has 3 aromatic rings.